The van der Waals surface area contributed by atoms with Crippen molar-refractivity contribution < 1.29 is 4.39 Å². The summed E-state index contributed by atoms with van der Waals surface area (Å²) in [5.74, 6) is 0.182. The van der Waals surface area contributed by atoms with Crippen molar-refractivity contribution >= 4 is 16.3 Å². The lowest BCUT2D eigenvalue weighted by Crippen LogP contribution is -2.23. The molecule has 3 aromatic rings. The highest BCUT2D eigenvalue weighted by Gasteiger charge is 2.20. The van der Waals surface area contributed by atoms with Crippen LogP contribution >= 0.6 is 11.3 Å². The summed E-state index contributed by atoms with van der Waals surface area (Å²) in [6.45, 7) is 1.83. The van der Waals surface area contributed by atoms with Gasteiger partial charge in [0.25, 0.3) is 0 Å². The van der Waals surface area contributed by atoms with Crippen LogP contribution in [0.4, 0.5) is 4.39 Å². The molecule has 1 aromatic carbocycles. The normalized spacial score (nSPS) is 14.8. The largest absolute Gasteiger partial charge is 0.311 e. The van der Waals surface area contributed by atoms with E-state index in [2.05, 4.69) is 15.4 Å². The van der Waals surface area contributed by atoms with Crippen molar-refractivity contribution in [3.05, 3.63) is 40.7 Å². The molecule has 0 atom stereocenters. The summed E-state index contributed by atoms with van der Waals surface area (Å²) < 4.78 is 15.6. The molecule has 0 saturated carbocycles. The van der Waals surface area contributed by atoms with Crippen LogP contribution in [0.3, 0.4) is 0 Å². The van der Waals surface area contributed by atoms with Gasteiger partial charge in [-0.2, -0.15) is 4.98 Å². The molecule has 0 amide bonds. The molecule has 96 valence electrons. The maximum absolute atomic E-state index is 13.8. The van der Waals surface area contributed by atoms with Gasteiger partial charge in [0.05, 0.1) is 11.3 Å². The van der Waals surface area contributed by atoms with Gasteiger partial charge < -0.3 is 5.32 Å². The molecule has 19 heavy (non-hydrogen) atoms. The van der Waals surface area contributed by atoms with Crippen LogP contribution in [0.5, 0.6) is 0 Å². The highest BCUT2D eigenvalue weighted by atomic mass is 32.1. The van der Waals surface area contributed by atoms with Gasteiger partial charge in [0.1, 0.15) is 5.82 Å². The van der Waals surface area contributed by atoms with Crippen LogP contribution in [-0.2, 0) is 13.0 Å². The Morgan fingerprint density at radius 1 is 1.32 bits per heavy atom. The predicted octanol–water partition coefficient (Wildman–Crippen LogP) is 2.24. The molecular formula is C13H11FN4S. The van der Waals surface area contributed by atoms with E-state index in [1.54, 1.807) is 29.5 Å². The monoisotopic (exact) mass is 274 g/mol. The molecule has 4 rings (SSSR count). The first-order valence-electron chi connectivity index (χ1n) is 6.16. The fourth-order valence-electron chi connectivity index (χ4n) is 2.38. The Morgan fingerprint density at radius 3 is 3.11 bits per heavy atom. The lowest BCUT2D eigenvalue weighted by Gasteiger charge is -2.11. The molecule has 1 aliphatic rings. The fraction of sp³-hybridized carbons (Fsp3) is 0.231. The molecule has 1 aliphatic heterocycles. The Labute approximate surface area is 112 Å². The highest BCUT2D eigenvalue weighted by Crippen LogP contribution is 2.27. The van der Waals surface area contributed by atoms with Crippen molar-refractivity contribution in [1.29, 1.82) is 0 Å². The second kappa shape index (κ2) is 4.11. The number of fused-ring (bicyclic) bond motifs is 3. The molecule has 0 radical (unpaired) electrons. The maximum atomic E-state index is 13.8. The van der Waals surface area contributed by atoms with E-state index in [0.29, 0.717) is 11.4 Å². The Hall–Kier alpha value is -1.79. The van der Waals surface area contributed by atoms with E-state index in [4.69, 9.17) is 0 Å². The van der Waals surface area contributed by atoms with Crippen molar-refractivity contribution in [2.24, 2.45) is 0 Å². The Kier molecular flexibility index (Phi) is 2.39. The summed E-state index contributed by atoms with van der Waals surface area (Å²) in [6, 6.07) is 6.62. The van der Waals surface area contributed by atoms with E-state index >= 15 is 0 Å². The lowest BCUT2D eigenvalue weighted by molar-refractivity contribution is 0.625. The molecule has 4 nitrogen and oxygen atoms in total. The average molecular weight is 274 g/mol. The highest BCUT2D eigenvalue weighted by molar-refractivity contribution is 7.17. The van der Waals surface area contributed by atoms with Crippen molar-refractivity contribution in [3.63, 3.8) is 0 Å². The zero-order valence-corrected chi connectivity index (χ0v) is 10.9. The fourth-order valence-corrected chi connectivity index (χ4v) is 3.45. The standard InChI is InChI=1S/C13H11FN4S/c14-9-4-2-1-3-8(9)12-16-13-18(17-12)10-5-6-15-7-11(10)19-13/h1-4,15H,5-7H2. The number of thiazole rings is 1. The number of halogens is 1. The first-order valence-corrected chi connectivity index (χ1v) is 6.97. The number of benzene rings is 1. The van der Waals surface area contributed by atoms with Crippen LogP contribution in [0, 0.1) is 5.82 Å². The topological polar surface area (TPSA) is 42.2 Å². The first-order chi connectivity index (χ1) is 9.33. The van der Waals surface area contributed by atoms with Crippen molar-refractivity contribution in [3.8, 4) is 11.4 Å². The van der Waals surface area contributed by atoms with Crippen molar-refractivity contribution in [1.82, 2.24) is 19.9 Å². The third-order valence-electron chi connectivity index (χ3n) is 3.31. The Bertz CT molecular complexity index is 761. The molecule has 3 heterocycles. The minimum atomic E-state index is -0.281. The predicted molar refractivity (Wildman–Crippen MR) is 71.7 cm³/mol. The SMILES string of the molecule is Fc1ccccc1-c1nc2sc3c(n2n1)CCNC3. The number of hydrogen-bond donors (Lipinski definition) is 1. The van der Waals surface area contributed by atoms with Crippen molar-refractivity contribution in [2.45, 2.75) is 13.0 Å². The van der Waals surface area contributed by atoms with Crippen LogP contribution in [0.1, 0.15) is 10.6 Å². The molecule has 6 heteroatoms. The number of rotatable bonds is 1. The summed E-state index contributed by atoms with van der Waals surface area (Å²) in [4.78, 5) is 6.57. The maximum Gasteiger partial charge on any atom is 0.213 e. The van der Waals surface area contributed by atoms with E-state index in [0.717, 1.165) is 24.5 Å². The number of hydrogen-bond acceptors (Lipinski definition) is 4. The second-order valence-corrected chi connectivity index (χ2v) is 5.57. The van der Waals surface area contributed by atoms with E-state index in [1.165, 1.54) is 16.6 Å². The zero-order valence-electron chi connectivity index (χ0n) is 10.1. The van der Waals surface area contributed by atoms with Crippen LogP contribution in [-0.4, -0.2) is 21.1 Å². The van der Waals surface area contributed by atoms with Gasteiger partial charge in [-0.1, -0.05) is 23.5 Å². The molecule has 0 saturated heterocycles. The second-order valence-electron chi connectivity index (χ2n) is 4.51. The minimum Gasteiger partial charge on any atom is -0.311 e. The van der Waals surface area contributed by atoms with Gasteiger partial charge in [-0.05, 0) is 12.1 Å². The van der Waals surface area contributed by atoms with Gasteiger partial charge in [-0.3, -0.25) is 0 Å². The third kappa shape index (κ3) is 1.67. The summed E-state index contributed by atoms with van der Waals surface area (Å²) >= 11 is 1.63. The lowest BCUT2D eigenvalue weighted by atomic mass is 10.2. The van der Waals surface area contributed by atoms with Crippen LogP contribution in [0.25, 0.3) is 16.3 Å². The van der Waals surface area contributed by atoms with Gasteiger partial charge in [0.2, 0.25) is 4.96 Å². The Morgan fingerprint density at radius 2 is 2.21 bits per heavy atom. The smallest absolute Gasteiger partial charge is 0.213 e. The number of nitrogens with zero attached hydrogens (tertiary/aromatic N) is 3. The molecule has 1 N–H and O–H groups in total. The van der Waals surface area contributed by atoms with E-state index in [1.807, 2.05) is 4.52 Å². The van der Waals surface area contributed by atoms with Crippen molar-refractivity contribution in [2.75, 3.05) is 6.54 Å². The van der Waals surface area contributed by atoms with E-state index in [-0.39, 0.29) is 5.82 Å². The Balaban J connectivity index is 1.89. The number of nitrogens with one attached hydrogen (secondary N) is 1. The van der Waals surface area contributed by atoms with Crippen LogP contribution in [0.15, 0.2) is 24.3 Å². The molecule has 0 unspecified atom stereocenters. The molecular weight excluding hydrogens is 263 g/mol. The first kappa shape index (κ1) is 11.1. The van der Waals surface area contributed by atoms with Gasteiger partial charge in [-0.25, -0.2) is 8.91 Å². The minimum absolute atomic E-state index is 0.281. The molecule has 0 fully saturated rings. The van der Waals surface area contributed by atoms with Gasteiger partial charge in [0, 0.05) is 24.4 Å². The molecule has 2 aromatic heterocycles. The summed E-state index contributed by atoms with van der Waals surface area (Å²) in [5.41, 5.74) is 1.66. The summed E-state index contributed by atoms with van der Waals surface area (Å²) in [5, 5.41) is 7.79. The molecule has 0 spiro atoms. The van der Waals surface area contributed by atoms with Crippen LogP contribution in [0.2, 0.25) is 0 Å². The summed E-state index contributed by atoms with van der Waals surface area (Å²) in [6.07, 6.45) is 0.940. The average Bonchev–Trinajstić information content (AvgIpc) is 2.96. The zero-order chi connectivity index (χ0) is 12.8. The van der Waals surface area contributed by atoms with E-state index in [9.17, 15) is 4.39 Å². The molecule has 0 aliphatic carbocycles. The number of aromatic nitrogens is 3. The van der Waals surface area contributed by atoms with Gasteiger partial charge >= 0.3 is 0 Å². The van der Waals surface area contributed by atoms with Gasteiger partial charge in [-0.15, -0.1) is 5.10 Å². The summed E-state index contributed by atoms with van der Waals surface area (Å²) in [7, 11) is 0. The molecule has 0 bridgehead atoms. The quantitative estimate of drug-likeness (QED) is 0.740. The van der Waals surface area contributed by atoms with E-state index < -0.39 is 0 Å². The third-order valence-corrected chi connectivity index (χ3v) is 4.38. The van der Waals surface area contributed by atoms with Gasteiger partial charge in [0.15, 0.2) is 5.82 Å². The van der Waals surface area contributed by atoms with Crippen LogP contribution < -0.4 is 5.32 Å².